The number of aliphatic carboxylic acids is 1. The van der Waals surface area contributed by atoms with Crippen molar-refractivity contribution in [1.82, 2.24) is 0 Å². The van der Waals surface area contributed by atoms with Gasteiger partial charge in [0.2, 0.25) is 0 Å². The van der Waals surface area contributed by atoms with Gasteiger partial charge in [-0.05, 0) is 31.4 Å². The third kappa shape index (κ3) is 2.42. The predicted molar refractivity (Wildman–Crippen MR) is 67.0 cm³/mol. The van der Waals surface area contributed by atoms with Crippen LogP contribution in [0.3, 0.4) is 0 Å². The van der Waals surface area contributed by atoms with Gasteiger partial charge in [-0.2, -0.15) is 0 Å². The number of carboxylic acids is 1. The highest BCUT2D eigenvalue weighted by Gasteiger charge is 2.43. The summed E-state index contributed by atoms with van der Waals surface area (Å²) in [6.07, 6.45) is 3.08. The fourth-order valence-electron chi connectivity index (χ4n) is 2.27. The van der Waals surface area contributed by atoms with Crippen LogP contribution >= 0.6 is 0 Å². The zero-order valence-corrected chi connectivity index (χ0v) is 10.5. The summed E-state index contributed by atoms with van der Waals surface area (Å²) in [4.78, 5) is 11.2. The van der Waals surface area contributed by atoms with Gasteiger partial charge in [-0.25, -0.2) is 0 Å². The summed E-state index contributed by atoms with van der Waals surface area (Å²) in [6.45, 7) is 0.409. The van der Waals surface area contributed by atoms with Crippen LogP contribution < -0.4 is 9.47 Å². The Morgan fingerprint density at radius 3 is 2.50 bits per heavy atom. The molecule has 0 unspecified atom stereocenters. The molecule has 1 saturated carbocycles. The molecule has 4 nitrogen and oxygen atoms in total. The minimum atomic E-state index is -0.697. The molecule has 1 aromatic rings. The minimum absolute atomic E-state index is 0.409. The van der Waals surface area contributed by atoms with Crippen molar-refractivity contribution in [2.45, 2.75) is 25.7 Å². The van der Waals surface area contributed by atoms with Crippen LogP contribution in [0.2, 0.25) is 0 Å². The number of rotatable bonds is 6. The maximum atomic E-state index is 11.2. The molecule has 1 N–H and O–H groups in total. The molecule has 0 atom stereocenters. The smallest absolute Gasteiger partial charge is 0.309 e. The first kappa shape index (κ1) is 12.7. The van der Waals surface area contributed by atoms with Crippen molar-refractivity contribution in [3.8, 4) is 11.5 Å². The third-order valence-electron chi connectivity index (χ3n) is 3.67. The summed E-state index contributed by atoms with van der Waals surface area (Å²) in [7, 11) is 1.59. The topological polar surface area (TPSA) is 55.8 Å². The highest BCUT2D eigenvalue weighted by atomic mass is 16.5. The molecule has 1 aliphatic rings. The number of methoxy groups -OCH3 is 1. The van der Waals surface area contributed by atoms with Crippen LogP contribution in [0, 0.1) is 5.41 Å². The lowest BCUT2D eigenvalue weighted by Crippen LogP contribution is -2.39. The Labute approximate surface area is 107 Å². The molecule has 0 spiro atoms. The Kier molecular flexibility index (Phi) is 3.75. The van der Waals surface area contributed by atoms with Gasteiger partial charge in [0.15, 0.2) is 11.5 Å². The Morgan fingerprint density at radius 2 is 2.00 bits per heavy atom. The standard InChI is InChI=1S/C14H18O4/c1-17-11-5-2-3-6-12(11)18-10-9-14(13(15)16)7-4-8-14/h2-3,5-6H,4,7-10H2,1H3,(H,15,16). The highest BCUT2D eigenvalue weighted by Crippen LogP contribution is 2.44. The van der Waals surface area contributed by atoms with E-state index in [1.807, 2.05) is 24.3 Å². The minimum Gasteiger partial charge on any atom is -0.493 e. The Balaban J connectivity index is 1.90. The van der Waals surface area contributed by atoms with E-state index in [2.05, 4.69) is 0 Å². The summed E-state index contributed by atoms with van der Waals surface area (Å²) in [6, 6.07) is 7.39. The van der Waals surface area contributed by atoms with Crippen molar-refractivity contribution < 1.29 is 19.4 Å². The zero-order chi connectivity index (χ0) is 13.0. The molecule has 0 saturated heterocycles. The van der Waals surface area contributed by atoms with Crippen LogP contribution in [0.1, 0.15) is 25.7 Å². The molecule has 2 rings (SSSR count). The molecule has 0 aliphatic heterocycles. The van der Waals surface area contributed by atoms with Gasteiger partial charge < -0.3 is 14.6 Å². The van der Waals surface area contributed by atoms with Crippen LogP contribution in [0.15, 0.2) is 24.3 Å². The van der Waals surface area contributed by atoms with E-state index < -0.39 is 11.4 Å². The molecule has 0 bridgehead atoms. The third-order valence-corrected chi connectivity index (χ3v) is 3.67. The van der Waals surface area contributed by atoms with Gasteiger partial charge in [-0.1, -0.05) is 18.6 Å². The molecule has 0 amide bonds. The maximum absolute atomic E-state index is 11.2. The number of hydrogen-bond donors (Lipinski definition) is 1. The van der Waals surface area contributed by atoms with Crippen LogP contribution in [0.5, 0.6) is 11.5 Å². The number of carbonyl (C=O) groups is 1. The van der Waals surface area contributed by atoms with Crippen molar-refractivity contribution in [3.63, 3.8) is 0 Å². The molecule has 0 radical (unpaired) electrons. The van der Waals surface area contributed by atoms with E-state index in [0.29, 0.717) is 24.5 Å². The number of carboxylic acid groups (broad SMARTS) is 1. The quantitative estimate of drug-likeness (QED) is 0.843. The molecule has 1 fully saturated rings. The van der Waals surface area contributed by atoms with E-state index in [4.69, 9.17) is 9.47 Å². The zero-order valence-electron chi connectivity index (χ0n) is 10.5. The first-order chi connectivity index (χ1) is 8.68. The summed E-state index contributed by atoms with van der Waals surface area (Å²) >= 11 is 0. The van der Waals surface area contributed by atoms with Crippen LogP contribution in [0.4, 0.5) is 0 Å². The summed E-state index contributed by atoms with van der Waals surface area (Å²) in [5.41, 5.74) is -0.554. The number of ether oxygens (including phenoxy) is 2. The van der Waals surface area contributed by atoms with Gasteiger partial charge in [0, 0.05) is 0 Å². The first-order valence-corrected chi connectivity index (χ1v) is 6.17. The fourth-order valence-corrected chi connectivity index (χ4v) is 2.27. The molecule has 1 aliphatic carbocycles. The van der Waals surface area contributed by atoms with Crippen LogP contribution in [-0.4, -0.2) is 24.8 Å². The Morgan fingerprint density at radius 1 is 1.33 bits per heavy atom. The van der Waals surface area contributed by atoms with Gasteiger partial charge in [0.05, 0.1) is 19.1 Å². The largest absolute Gasteiger partial charge is 0.493 e. The first-order valence-electron chi connectivity index (χ1n) is 6.17. The van der Waals surface area contributed by atoms with Crippen molar-refractivity contribution in [3.05, 3.63) is 24.3 Å². The van der Waals surface area contributed by atoms with Gasteiger partial charge in [-0.3, -0.25) is 4.79 Å². The van der Waals surface area contributed by atoms with Crippen molar-refractivity contribution >= 4 is 5.97 Å². The summed E-state index contributed by atoms with van der Waals surface area (Å²) in [5, 5.41) is 9.20. The number of hydrogen-bond acceptors (Lipinski definition) is 3. The molecule has 4 heteroatoms. The lowest BCUT2D eigenvalue weighted by molar-refractivity contribution is -0.155. The van der Waals surface area contributed by atoms with E-state index in [1.165, 1.54) is 0 Å². The van der Waals surface area contributed by atoms with E-state index in [1.54, 1.807) is 7.11 Å². The van der Waals surface area contributed by atoms with Gasteiger partial charge in [0.1, 0.15) is 0 Å². The molecule has 18 heavy (non-hydrogen) atoms. The lowest BCUT2D eigenvalue weighted by atomic mass is 9.67. The van der Waals surface area contributed by atoms with Crippen molar-refractivity contribution in [1.29, 1.82) is 0 Å². The second kappa shape index (κ2) is 5.29. The van der Waals surface area contributed by atoms with Crippen molar-refractivity contribution in [2.24, 2.45) is 5.41 Å². The van der Waals surface area contributed by atoms with Crippen molar-refractivity contribution in [2.75, 3.05) is 13.7 Å². The highest BCUT2D eigenvalue weighted by molar-refractivity contribution is 5.75. The monoisotopic (exact) mass is 250 g/mol. The van der Waals surface area contributed by atoms with E-state index in [-0.39, 0.29) is 0 Å². The average molecular weight is 250 g/mol. The molecule has 1 aromatic carbocycles. The Bertz CT molecular complexity index is 424. The van der Waals surface area contributed by atoms with Crippen LogP contribution in [-0.2, 0) is 4.79 Å². The normalized spacial score (nSPS) is 16.7. The summed E-state index contributed by atoms with van der Waals surface area (Å²) < 4.78 is 10.8. The fraction of sp³-hybridized carbons (Fsp3) is 0.500. The van der Waals surface area contributed by atoms with E-state index in [0.717, 1.165) is 19.3 Å². The van der Waals surface area contributed by atoms with Crippen LogP contribution in [0.25, 0.3) is 0 Å². The Hall–Kier alpha value is -1.71. The van der Waals surface area contributed by atoms with E-state index in [9.17, 15) is 9.90 Å². The molecule has 98 valence electrons. The number of benzene rings is 1. The second-order valence-corrected chi connectivity index (χ2v) is 4.69. The number of para-hydroxylation sites is 2. The lowest BCUT2D eigenvalue weighted by Gasteiger charge is -2.37. The molecular weight excluding hydrogens is 232 g/mol. The molecular formula is C14H18O4. The van der Waals surface area contributed by atoms with E-state index >= 15 is 0 Å². The maximum Gasteiger partial charge on any atom is 0.309 e. The predicted octanol–water partition coefficient (Wildman–Crippen LogP) is 2.72. The second-order valence-electron chi connectivity index (χ2n) is 4.69. The molecule has 0 heterocycles. The van der Waals surface area contributed by atoms with Gasteiger partial charge >= 0.3 is 5.97 Å². The average Bonchev–Trinajstić information content (AvgIpc) is 2.32. The SMILES string of the molecule is COc1ccccc1OCCC1(C(=O)O)CCC1. The molecule has 0 aromatic heterocycles. The van der Waals surface area contributed by atoms with Gasteiger partial charge in [-0.15, -0.1) is 0 Å². The van der Waals surface area contributed by atoms with Gasteiger partial charge in [0.25, 0.3) is 0 Å². The summed E-state index contributed by atoms with van der Waals surface area (Å²) in [5.74, 6) is 0.646.